The minimum Gasteiger partial charge on any atom is -0.494 e. The van der Waals surface area contributed by atoms with Crippen LogP contribution in [0.3, 0.4) is 0 Å². The molecular formula is C22H31NO2. The topological polar surface area (TPSA) is 30.5 Å². The van der Waals surface area contributed by atoms with Gasteiger partial charge in [0.2, 0.25) is 0 Å². The Labute approximate surface area is 152 Å². The Morgan fingerprint density at radius 1 is 0.960 bits per heavy atom. The summed E-state index contributed by atoms with van der Waals surface area (Å²) in [4.78, 5) is 0. The van der Waals surface area contributed by atoms with E-state index >= 15 is 0 Å². The summed E-state index contributed by atoms with van der Waals surface area (Å²) < 4.78 is 11.7. The molecule has 0 saturated heterocycles. The Morgan fingerprint density at radius 3 is 2.60 bits per heavy atom. The molecule has 3 nitrogen and oxygen atoms in total. The molecule has 0 aliphatic rings. The number of unbranched alkanes of at least 4 members (excludes halogenated alkanes) is 1. The van der Waals surface area contributed by atoms with E-state index in [1.165, 1.54) is 5.56 Å². The zero-order chi connectivity index (χ0) is 17.9. The van der Waals surface area contributed by atoms with Gasteiger partial charge in [0.15, 0.2) is 0 Å². The van der Waals surface area contributed by atoms with Crippen molar-refractivity contribution < 1.29 is 9.47 Å². The highest BCUT2D eigenvalue weighted by Gasteiger charge is 2.04. The SMILES string of the molecule is CCCCOc1ccccc1CNc1cccc(OCCC(C)C)c1. The first-order valence-corrected chi connectivity index (χ1v) is 9.36. The van der Waals surface area contributed by atoms with E-state index in [9.17, 15) is 0 Å². The van der Waals surface area contributed by atoms with E-state index < -0.39 is 0 Å². The lowest BCUT2D eigenvalue weighted by Crippen LogP contribution is -2.05. The van der Waals surface area contributed by atoms with Crippen LogP contribution in [0.2, 0.25) is 0 Å². The lowest BCUT2D eigenvalue weighted by atomic mass is 10.1. The molecule has 2 aromatic carbocycles. The smallest absolute Gasteiger partial charge is 0.124 e. The highest BCUT2D eigenvalue weighted by molar-refractivity contribution is 5.49. The van der Waals surface area contributed by atoms with Crippen molar-refractivity contribution in [3.05, 3.63) is 54.1 Å². The lowest BCUT2D eigenvalue weighted by Gasteiger charge is -2.13. The molecule has 2 rings (SSSR count). The van der Waals surface area contributed by atoms with Crippen LogP contribution in [0.25, 0.3) is 0 Å². The summed E-state index contributed by atoms with van der Waals surface area (Å²) in [6.07, 6.45) is 3.29. The molecule has 1 N–H and O–H groups in total. The number of nitrogens with one attached hydrogen (secondary N) is 1. The van der Waals surface area contributed by atoms with Gasteiger partial charge in [0, 0.05) is 23.9 Å². The molecule has 0 bridgehead atoms. The molecule has 2 aromatic rings. The molecule has 3 heteroatoms. The third-order valence-electron chi connectivity index (χ3n) is 4.01. The number of hydrogen-bond donors (Lipinski definition) is 1. The first-order valence-electron chi connectivity index (χ1n) is 9.36. The zero-order valence-corrected chi connectivity index (χ0v) is 15.8. The van der Waals surface area contributed by atoms with Crippen molar-refractivity contribution in [2.45, 2.75) is 46.6 Å². The first kappa shape index (κ1) is 19.2. The number of rotatable bonds is 11. The van der Waals surface area contributed by atoms with E-state index in [2.05, 4.69) is 50.4 Å². The summed E-state index contributed by atoms with van der Waals surface area (Å²) >= 11 is 0. The maximum atomic E-state index is 5.90. The number of para-hydroxylation sites is 1. The number of anilines is 1. The van der Waals surface area contributed by atoms with Gasteiger partial charge in [0.05, 0.1) is 13.2 Å². The van der Waals surface area contributed by atoms with E-state index in [0.29, 0.717) is 5.92 Å². The van der Waals surface area contributed by atoms with Crippen molar-refractivity contribution in [1.82, 2.24) is 0 Å². The molecule has 0 aliphatic carbocycles. The molecule has 25 heavy (non-hydrogen) atoms. The predicted octanol–water partition coefficient (Wildman–Crippen LogP) is 5.90. The second-order valence-electron chi connectivity index (χ2n) is 6.72. The van der Waals surface area contributed by atoms with Gasteiger partial charge >= 0.3 is 0 Å². The fraction of sp³-hybridized carbons (Fsp3) is 0.455. The van der Waals surface area contributed by atoms with Gasteiger partial charge in [-0.1, -0.05) is 51.5 Å². The van der Waals surface area contributed by atoms with Crippen molar-refractivity contribution >= 4 is 5.69 Å². The molecular weight excluding hydrogens is 310 g/mol. The van der Waals surface area contributed by atoms with Crippen LogP contribution in [0.4, 0.5) is 5.69 Å². The summed E-state index contributed by atoms with van der Waals surface area (Å²) in [5.41, 5.74) is 2.23. The van der Waals surface area contributed by atoms with Gasteiger partial charge in [-0.05, 0) is 37.0 Å². The summed E-state index contributed by atoms with van der Waals surface area (Å²) in [5, 5.41) is 3.47. The van der Waals surface area contributed by atoms with Crippen LogP contribution in [0, 0.1) is 5.92 Å². The van der Waals surface area contributed by atoms with E-state index in [1.54, 1.807) is 0 Å². The van der Waals surface area contributed by atoms with Crippen LogP contribution in [0.1, 0.15) is 45.6 Å². The fourth-order valence-electron chi connectivity index (χ4n) is 2.42. The van der Waals surface area contributed by atoms with Crippen LogP contribution in [-0.2, 0) is 6.54 Å². The Morgan fingerprint density at radius 2 is 1.80 bits per heavy atom. The molecule has 0 aromatic heterocycles. The average molecular weight is 341 g/mol. The van der Waals surface area contributed by atoms with Crippen LogP contribution in [-0.4, -0.2) is 13.2 Å². The second kappa shape index (κ2) is 10.7. The van der Waals surface area contributed by atoms with Crippen molar-refractivity contribution in [1.29, 1.82) is 0 Å². The van der Waals surface area contributed by atoms with Crippen LogP contribution >= 0.6 is 0 Å². The predicted molar refractivity (Wildman–Crippen MR) is 106 cm³/mol. The monoisotopic (exact) mass is 341 g/mol. The highest BCUT2D eigenvalue weighted by atomic mass is 16.5. The summed E-state index contributed by atoms with van der Waals surface area (Å²) in [6, 6.07) is 16.4. The minimum atomic E-state index is 0.658. The standard InChI is InChI=1S/C22H31NO2/c1-4-5-14-25-22-12-7-6-9-19(22)17-23-20-10-8-11-21(16-20)24-15-13-18(2)3/h6-12,16,18,23H,4-5,13-15,17H2,1-3H3. The zero-order valence-electron chi connectivity index (χ0n) is 15.8. The first-order chi connectivity index (χ1) is 12.2. The van der Waals surface area contributed by atoms with Crippen LogP contribution in [0.5, 0.6) is 11.5 Å². The van der Waals surface area contributed by atoms with Crippen molar-refractivity contribution in [3.8, 4) is 11.5 Å². The van der Waals surface area contributed by atoms with Gasteiger partial charge in [-0.2, -0.15) is 0 Å². The molecule has 0 fully saturated rings. The fourth-order valence-corrected chi connectivity index (χ4v) is 2.42. The van der Waals surface area contributed by atoms with E-state index in [4.69, 9.17) is 9.47 Å². The Kier molecular flexibility index (Phi) is 8.17. The van der Waals surface area contributed by atoms with Crippen LogP contribution < -0.4 is 14.8 Å². The van der Waals surface area contributed by atoms with Crippen molar-refractivity contribution in [2.24, 2.45) is 5.92 Å². The number of ether oxygens (including phenoxy) is 2. The highest BCUT2D eigenvalue weighted by Crippen LogP contribution is 2.22. The van der Waals surface area contributed by atoms with Gasteiger partial charge in [-0.15, -0.1) is 0 Å². The lowest BCUT2D eigenvalue weighted by molar-refractivity contribution is 0.289. The molecule has 136 valence electrons. The third-order valence-corrected chi connectivity index (χ3v) is 4.01. The normalized spacial score (nSPS) is 10.7. The second-order valence-corrected chi connectivity index (χ2v) is 6.72. The molecule has 0 unspecified atom stereocenters. The van der Waals surface area contributed by atoms with Crippen molar-refractivity contribution in [2.75, 3.05) is 18.5 Å². The maximum Gasteiger partial charge on any atom is 0.124 e. The molecule has 0 radical (unpaired) electrons. The van der Waals surface area contributed by atoms with E-state index in [-0.39, 0.29) is 0 Å². The molecule has 0 heterocycles. The number of benzene rings is 2. The summed E-state index contributed by atoms with van der Waals surface area (Å²) in [5.74, 6) is 2.54. The van der Waals surface area contributed by atoms with Gasteiger partial charge in [-0.25, -0.2) is 0 Å². The molecule has 0 aliphatic heterocycles. The molecule has 0 amide bonds. The van der Waals surface area contributed by atoms with Gasteiger partial charge in [-0.3, -0.25) is 0 Å². The Hall–Kier alpha value is -2.16. The van der Waals surface area contributed by atoms with Gasteiger partial charge in [0.25, 0.3) is 0 Å². The maximum absolute atomic E-state index is 5.90. The van der Waals surface area contributed by atoms with Crippen LogP contribution in [0.15, 0.2) is 48.5 Å². The Bertz CT molecular complexity index is 625. The molecule has 0 spiro atoms. The summed E-state index contributed by atoms with van der Waals surface area (Å²) in [7, 11) is 0. The minimum absolute atomic E-state index is 0.658. The average Bonchev–Trinajstić information content (AvgIpc) is 2.61. The third kappa shape index (κ3) is 7.08. The quantitative estimate of drug-likeness (QED) is 0.516. The number of hydrogen-bond acceptors (Lipinski definition) is 3. The van der Waals surface area contributed by atoms with Gasteiger partial charge in [0.1, 0.15) is 11.5 Å². The van der Waals surface area contributed by atoms with E-state index in [1.807, 2.05) is 24.3 Å². The molecule has 0 atom stereocenters. The summed E-state index contributed by atoms with van der Waals surface area (Å²) in [6.45, 7) is 8.86. The van der Waals surface area contributed by atoms with E-state index in [0.717, 1.165) is 56.2 Å². The van der Waals surface area contributed by atoms with Crippen molar-refractivity contribution in [3.63, 3.8) is 0 Å². The largest absolute Gasteiger partial charge is 0.494 e. The Balaban J connectivity index is 1.90. The van der Waals surface area contributed by atoms with Gasteiger partial charge < -0.3 is 14.8 Å². The molecule has 0 saturated carbocycles.